The molecule has 25 heavy (non-hydrogen) atoms. The molecule has 1 amide bonds. The predicted molar refractivity (Wildman–Crippen MR) is 95.6 cm³/mol. The van der Waals surface area contributed by atoms with Crippen LogP contribution in [-0.4, -0.2) is 22.0 Å². The van der Waals surface area contributed by atoms with E-state index in [9.17, 15) is 14.9 Å². The number of rotatable bonds is 5. The van der Waals surface area contributed by atoms with Crippen LogP contribution in [0.1, 0.15) is 16.8 Å². The second-order valence-electron chi connectivity index (χ2n) is 5.57. The van der Waals surface area contributed by atoms with Crippen LogP contribution in [0.15, 0.2) is 53.6 Å². The third kappa shape index (κ3) is 3.55. The van der Waals surface area contributed by atoms with E-state index in [1.54, 1.807) is 24.4 Å². The van der Waals surface area contributed by atoms with Crippen molar-refractivity contribution in [2.75, 3.05) is 0 Å². The molecule has 7 heteroatoms. The first kappa shape index (κ1) is 16.4. The number of nitrogens with zero attached hydrogens (tertiary/aromatic N) is 2. The van der Waals surface area contributed by atoms with Crippen LogP contribution < -0.4 is 5.43 Å². The first-order chi connectivity index (χ1) is 12.1. The van der Waals surface area contributed by atoms with Gasteiger partial charge in [-0.2, -0.15) is 5.10 Å². The van der Waals surface area contributed by atoms with Gasteiger partial charge < -0.3 is 4.98 Å². The van der Waals surface area contributed by atoms with Crippen molar-refractivity contribution in [1.29, 1.82) is 0 Å². The number of H-pyrrole nitrogens is 1. The van der Waals surface area contributed by atoms with Crippen LogP contribution in [0.4, 0.5) is 5.69 Å². The molecule has 0 aliphatic carbocycles. The summed E-state index contributed by atoms with van der Waals surface area (Å²) < 4.78 is 0. The largest absolute Gasteiger partial charge is 0.358 e. The summed E-state index contributed by atoms with van der Waals surface area (Å²) in [5.74, 6) is -0.414. The van der Waals surface area contributed by atoms with Crippen LogP contribution in [0.2, 0.25) is 0 Å². The van der Waals surface area contributed by atoms with Crippen LogP contribution in [0, 0.1) is 17.0 Å². The van der Waals surface area contributed by atoms with Crippen LogP contribution in [0.25, 0.3) is 10.9 Å². The van der Waals surface area contributed by atoms with Gasteiger partial charge in [-0.1, -0.05) is 36.4 Å². The summed E-state index contributed by atoms with van der Waals surface area (Å²) in [6.07, 6.45) is 1.47. The quantitative estimate of drug-likeness (QED) is 0.425. The van der Waals surface area contributed by atoms with E-state index in [0.717, 1.165) is 22.2 Å². The minimum atomic E-state index is -0.499. The van der Waals surface area contributed by atoms with E-state index in [4.69, 9.17) is 0 Å². The number of hydrogen-bond acceptors (Lipinski definition) is 4. The lowest BCUT2D eigenvalue weighted by Gasteiger charge is -2.02. The highest BCUT2D eigenvalue weighted by Crippen LogP contribution is 2.20. The number of benzene rings is 2. The summed E-state index contributed by atoms with van der Waals surface area (Å²) in [6, 6.07) is 14.0. The molecule has 3 aromatic rings. The Morgan fingerprint density at radius 3 is 2.76 bits per heavy atom. The number of aromatic nitrogens is 1. The van der Waals surface area contributed by atoms with Gasteiger partial charge in [0.2, 0.25) is 5.91 Å². The zero-order chi connectivity index (χ0) is 17.8. The van der Waals surface area contributed by atoms with Crippen molar-refractivity contribution >= 4 is 28.7 Å². The number of hydrogen-bond donors (Lipinski definition) is 2. The first-order valence-corrected chi connectivity index (χ1v) is 7.68. The highest BCUT2D eigenvalue weighted by molar-refractivity contribution is 6.00. The molecule has 7 nitrogen and oxygen atoms in total. The number of carbonyl (C=O) groups excluding carboxylic acids is 1. The number of fused-ring (bicyclic) bond motifs is 1. The fourth-order valence-corrected chi connectivity index (χ4v) is 2.68. The highest BCUT2D eigenvalue weighted by atomic mass is 16.6. The zero-order valence-electron chi connectivity index (χ0n) is 13.5. The van der Waals surface area contributed by atoms with E-state index in [1.165, 1.54) is 6.07 Å². The van der Waals surface area contributed by atoms with Crippen molar-refractivity contribution in [3.05, 3.63) is 75.5 Å². The maximum atomic E-state index is 12.0. The molecule has 0 spiro atoms. The molecule has 0 saturated carbocycles. The summed E-state index contributed by atoms with van der Waals surface area (Å²) in [5.41, 5.74) is 5.52. The van der Waals surface area contributed by atoms with Crippen LogP contribution in [0.5, 0.6) is 0 Å². The molecule has 1 aromatic heterocycles. The van der Waals surface area contributed by atoms with E-state index in [0.29, 0.717) is 5.56 Å². The number of hydrazone groups is 1. The van der Waals surface area contributed by atoms with E-state index in [2.05, 4.69) is 15.5 Å². The summed E-state index contributed by atoms with van der Waals surface area (Å²) in [4.78, 5) is 25.7. The smallest absolute Gasteiger partial charge is 0.273 e. The van der Waals surface area contributed by atoms with Gasteiger partial charge in [0.1, 0.15) is 0 Å². The molecule has 2 aromatic carbocycles. The average molecular weight is 336 g/mol. The Morgan fingerprint density at radius 2 is 1.96 bits per heavy atom. The third-order valence-corrected chi connectivity index (χ3v) is 3.87. The van der Waals surface area contributed by atoms with Gasteiger partial charge in [0.25, 0.3) is 5.69 Å². The van der Waals surface area contributed by atoms with Crippen LogP contribution in [0.3, 0.4) is 0 Å². The minimum absolute atomic E-state index is 0.0749. The molecule has 0 unspecified atom stereocenters. The Morgan fingerprint density at radius 1 is 1.24 bits per heavy atom. The number of amides is 1. The monoisotopic (exact) mass is 336 g/mol. The lowest BCUT2D eigenvalue weighted by molar-refractivity contribution is -0.385. The Bertz CT molecular complexity index is 975. The van der Waals surface area contributed by atoms with Gasteiger partial charge >= 0.3 is 0 Å². The molecule has 1 heterocycles. The molecule has 0 aliphatic heterocycles. The molecule has 0 saturated heterocycles. The second-order valence-corrected chi connectivity index (χ2v) is 5.57. The molecule has 3 rings (SSSR count). The number of para-hydroxylation sites is 2. The second kappa shape index (κ2) is 6.96. The number of aromatic amines is 1. The molecule has 0 atom stereocenters. The zero-order valence-corrected chi connectivity index (χ0v) is 13.5. The van der Waals surface area contributed by atoms with Crippen LogP contribution >= 0.6 is 0 Å². The Kier molecular flexibility index (Phi) is 4.56. The van der Waals surface area contributed by atoms with Crippen molar-refractivity contribution in [3.8, 4) is 0 Å². The number of carbonyl (C=O) groups is 1. The summed E-state index contributed by atoms with van der Waals surface area (Å²) >= 11 is 0. The van der Waals surface area contributed by atoms with Crippen molar-refractivity contribution in [2.45, 2.75) is 13.3 Å². The maximum Gasteiger partial charge on any atom is 0.273 e. The van der Waals surface area contributed by atoms with E-state index >= 15 is 0 Å². The van der Waals surface area contributed by atoms with E-state index in [1.807, 2.05) is 31.2 Å². The molecular formula is C18H16N4O3. The molecular weight excluding hydrogens is 320 g/mol. The summed E-state index contributed by atoms with van der Waals surface area (Å²) in [6.45, 7) is 1.93. The van der Waals surface area contributed by atoms with E-state index in [-0.39, 0.29) is 12.1 Å². The fourth-order valence-electron chi connectivity index (χ4n) is 2.68. The minimum Gasteiger partial charge on any atom is -0.358 e. The third-order valence-electron chi connectivity index (χ3n) is 3.87. The molecule has 126 valence electrons. The van der Waals surface area contributed by atoms with Gasteiger partial charge in [-0.3, -0.25) is 14.9 Å². The summed E-state index contributed by atoms with van der Waals surface area (Å²) in [5, 5.41) is 16.0. The fraction of sp³-hybridized carbons (Fsp3) is 0.111. The Hall–Kier alpha value is -3.48. The normalized spacial score (nSPS) is 11.1. The van der Waals surface area contributed by atoms with Gasteiger partial charge in [-0.15, -0.1) is 0 Å². The molecule has 0 radical (unpaired) electrons. The molecule has 0 fully saturated rings. The molecule has 0 bridgehead atoms. The lowest BCUT2D eigenvalue weighted by Crippen LogP contribution is -2.20. The maximum absolute atomic E-state index is 12.0. The predicted octanol–water partition coefficient (Wildman–Crippen LogP) is 3.08. The van der Waals surface area contributed by atoms with Gasteiger partial charge in [-0.05, 0) is 13.0 Å². The van der Waals surface area contributed by atoms with Crippen molar-refractivity contribution in [2.24, 2.45) is 5.10 Å². The number of nitro groups is 1. The lowest BCUT2D eigenvalue weighted by atomic mass is 10.1. The van der Waals surface area contributed by atoms with Gasteiger partial charge in [0.05, 0.1) is 17.6 Å². The van der Waals surface area contributed by atoms with Crippen LogP contribution in [-0.2, 0) is 11.2 Å². The number of aryl methyl sites for hydroxylation is 1. The van der Waals surface area contributed by atoms with Crippen molar-refractivity contribution in [3.63, 3.8) is 0 Å². The SMILES string of the molecule is Cc1[nH]c2ccccc2c1C=NNC(=O)Cc1ccccc1[N+](=O)[O-]. The van der Waals surface area contributed by atoms with Gasteiger partial charge in [0.15, 0.2) is 0 Å². The number of nitrogens with one attached hydrogen (secondary N) is 2. The highest BCUT2D eigenvalue weighted by Gasteiger charge is 2.15. The molecule has 0 aliphatic rings. The standard InChI is InChI=1S/C18H16N4O3/c1-12-15(14-7-3-4-8-16(14)20-12)11-19-21-18(23)10-13-6-2-5-9-17(13)22(24)25/h2-9,11,20H,10H2,1H3,(H,21,23). The Balaban J connectivity index is 1.71. The molecule has 2 N–H and O–H groups in total. The summed E-state index contributed by atoms with van der Waals surface area (Å²) in [7, 11) is 0. The Labute approximate surface area is 143 Å². The van der Waals surface area contributed by atoms with E-state index < -0.39 is 10.8 Å². The van der Waals surface area contributed by atoms with Gasteiger partial charge in [0, 0.05) is 33.8 Å². The first-order valence-electron chi connectivity index (χ1n) is 7.68. The average Bonchev–Trinajstić information content (AvgIpc) is 2.91. The van der Waals surface area contributed by atoms with Crippen molar-refractivity contribution in [1.82, 2.24) is 10.4 Å². The van der Waals surface area contributed by atoms with Crippen molar-refractivity contribution < 1.29 is 9.72 Å². The van der Waals surface area contributed by atoms with Gasteiger partial charge in [-0.25, -0.2) is 5.43 Å². The topological polar surface area (TPSA) is 100 Å². The number of nitro benzene ring substituents is 1.